The Labute approximate surface area is 173 Å². The molecular formula is C24H18FN3O2. The highest BCUT2D eigenvalue weighted by Gasteiger charge is 2.17. The van der Waals surface area contributed by atoms with Crippen LogP contribution in [0, 0.1) is 5.82 Å². The molecule has 6 heteroatoms. The molecule has 4 aromatic rings. The molecule has 0 radical (unpaired) electrons. The van der Waals surface area contributed by atoms with Gasteiger partial charge in [-0.2, -0.15) is 5.10 Å². The lowest BCUT2D eigenvalue weighted by molar-refractivity contribution is 0.104. The van der Waals surface area contributed by atoms with Gasteiger partial charge in [-0.3, -0.25) is 9.78 Å². The van der Waals surface area contributed by atoms with E-state index in [-0.39, 0.29) is 11.6 Å². The van der Waals surface area contributed by atoms with Gasteiger partial charge in [0.1, 0.15) is 17.3 Å². The van der Waals surface area contributed by atoms with Crippen LogP contribution >= 0.6 is 0 Å². The third kappa shape index (κ3) is 4.17. The van der Waals surface area contributed by atoms with Crippen LogP contribution in [0.4, 0.5) is 4.39 Å². The highest BCUT2D eigenvalue weighted by Crippen LogP contribution is 2.24. The Hall–Kier alpha value is -4.06. The van der Waals surface area contributed by atoms with E-state index in [1.807, 2.05) is 30.3 Å². The van der Waals surface area contributed by atoms with Crippen molar-refractivity contribution in [2.45, 2.75) is 0 Å². The summed E-state index contributed by atoms with van der Waals surface area (Å²) in [5.41, 5.74) is 3.19. The molecule has 0 aliphatic carbocycles. The first-order valence-electron chi connectivity index (χ1n) is 9.26. The summed E-state index contributed by atoms with van der Waals surface area (Å²) in [5.74, 6) is 0.216. The van der Waals surface area contributed by atoms with E-state index in [1.165, 1.54) is 18.2 Å². The van der Waals surface area contributed by atoms with Gasteiger partial charge in [0.15, 0.2) is 5.78 Å². The molecule has 0 fully saturated rings. The first kappa shape index (κ1) is 19.3. The summed E-state index contributed by atoms with van der Waals surface area (Å²) in [6, 6.07) is 16.9. The number of nitrogens with zero attached hydrogens (tertiary/aromatic N) is 3. The number of hydrogen-bond donors (Lipinski definition) is 0. The smallest absolute Gasteiger partial charge is 0.189 e. The summed E-state index contributed by atoms with van der Waals surface area (Å²) >= 11 is 0. The number of rotatable bonds is 6. The van der Waals surface area contributed by atoms with Crippen LogP contribution < -0.4 is 4.74 Å². The van der Waals surface area contributed by atoms with Gasteiger partial charge >= 0.3 is 0 Å². The second-order valence-electron chi connectivity index (χ2n) is 6.52. The van der Waals surface area contributed by atoms with E-state index >= 15 is 0 Å². The van der Waals surface area contributed by atoms with Gasteiger partial charge < -0.3 is 4.74 Å². The third-order valence-corrected chi connectivity index (χ3v) is 4.55. The van der Waals surface area contributed by atoms with Crippen molar-refractivity contribution in [3.05, 3.63) is 102 Å². The van der Waals surface area contributed by atoms with Crippen LogP contribution in [0.15, 0.2) is 85.3 Å². The molecule has 2 aromatic carbocycles. The molecule has 0 saturated heterocycles. The number of halogens is 1. The van der Waals surface area contributed by atoms with Crippen molar-refractivity contribution in [2.75, 3.05) is 7.11 Å². The van der Waals surface area contributed by atoms with Crippen LogP contribution in [0.5, 0.6) is 5.75 Å². The fourth-order valence-corrected chi connectivity index (χ4v) is 2.97. The number of benzene rings is 2. The van der Waals surface area contributed by atoms with Crippen molar-refractivity contribution in [1.82, 2.24) is 14.8 Å². The molecule has 0 aliphatic rings. The molecule has 30 heavy (non-hydrogen) atoms. The molecule has 0 spiro atoms. The maximum Gasteiger partial charge on any atom is 0.189 e. The molecule has 0 N–H and O–H groups in total. The Balaban J connectivity index is 1.70. The summed E-state index contributed by atoms with van der Waals surface area (Å²) < 4.78 is 20.0. The summed E-state index contributed by atoms with van der Waals surface area (Å²) in [6.07, 6.45) is 8.21. The number of pyridine rings is 1. The first-order valence-corrected chi connectivity index (χ1v) is 9.26. The van der Waals surface area contributed by atoms with Gasteiger partial charge in [-0.15, -0.1) is 0 Å². The van der Waals surface area contributed by atoms with Crippen LogP contribution in [-0.2, 0) is 0 Å². The minimum Gasteiger partial charge on any atom is -0.497 e. The topological polar surface area (TPSA) is 57.0 Å². The van der Waals surface area contributed by atoms with Crippen LogP contribution in [0.3, 0.4) is 0 Å². The average molecular weight is 399 g/mol. The fraction of sp³-hybridized carbons (Fsp3) is 0.0417. The van der Waals surface area contributed by atoms with E-state index in [2.05, 4.69) is 10.1 Å². The van der Waals surface area contributed by atoms with Crippen molar-refractivity contribution in [2.24, 2.45) is 0 Å². The number of ether oxygens (including phenoxy) is 1. The fourth-order valence-electron chi connectivity index (χ4n) is 2.97. The quantitative estimate of drug-likeness (QED) is 0.339. The van der Waals surface area contributed by atoms with Gasteiger partial charge in [0, 0.05) is 24.2 Å². The van der Waals surface area contributed by atoms with Gasteiger partial charge in [0.25, 0.3) is 0 Å². The lowest BCUT2D eigenvalue weighted by atomic mass is 10.1. The second kappa shape index (κ2) is 8.53. The molecule has 148 valence electrons. The zero-order chi connectivity index (χ0) is 20.9. The average Bonchev–Trinajstić information content (AvgIpc) is 3.24. The Morgan fingerprint density at radius 3 is 2.50 bits per heavy atom. The Morgan fingerprint density at radius 2 is 1.83 bits per heavy atom. The van der Waals surface area contributed by atoms with Crippen molar-refractivity contribution < 1.29 is 13.9 Å². The SMILES string of the molecule is COc1ccc(C=CC(=O)c2cn(-c3ccc(F)cc3)nc2-c2cccnc2)cc1. The van der Waals surface area contributed by atoms with E-state index in [1.54, 1.807) is 54.7 Å². The summed E-state index contributed by atoms with van der Waals surface area (Å²) in [6.45, 7) is 0. The van der Waals surface area contributed by atoms with Gasteiger partial charge in [-0.1, -0.05) is 18.2 Å². The zero-order valence-corrected chi connectivity index (χ0v) is 16.2. The zero-order valence-electron chi connectivity index (χ0n) is 16.2. The normalized spacial score (nSPS) is 11.0. The molecule has 0 aliphatic heterocycles. The highest BCUT2D eigenvalue weighted by molar-refractivity contribution is 6.10. The Bertz CT molecular complexity index is 1180. The van der Waals surface area contributed by atoms with E-state index in [4.69, 9.17) is 4.74 Å². The first-order chi connectivity index (χ1) is 14.6. The molecule has 5 nitrogen and oxygen atoms in total. The molecule has 2 aromatic heterocycles. The van der Waals surface area contributed by atoms with Crippen molar-refractivity contribution in [3.8, 4) is 22.7 Å². The largest absolute Gasteiger partial charge is 0.497 e. The third-order valence-electron chi connectivity index (χ3n) is 4.55. The predicted octanol–water partition coefficient (Wildman–Crippen LogP) is 4.98. The number of carbonyl (C=O) groups excluding carboxylic acids is 1. The molecule has 0 atom stereocenters. The van der Waals surface area contributed by atoms with E-state index in [9.17, 15) is 9.18 Å². The highest BCUT2D eigenvalue weighted by atomic mass is 19.1. The summed E-state index contributed by atoms with van der Waals surface area (Å²) in [4.78, 5) is 17.1. The van der Waals surface area contributed by atoms with Crippen molar-refractivity contribution in [3.63, 3.8) is 0 Å². The van der Waals surface area contributed by atoms with Gasteiger partial charge in [-0.25, -0.2) is 9.07 Å². The molecule has 0 bridgehead atoms. The van der Waals surface area contributed by atoms with Crippen molar-refractivity contribution in [1.29, 1.82) is 0 Å². The van der Waals surface area contributed by atoms with Gasteiger partial charge in [-0.05, 0) is 60.2 Å². The van der Waals surface area contributed by atoms with E-state index in [0.29, 0.717) is 16.9 Å². The van der Waals surface area contributed by atoms with Crippen LogP contribution in [0.25, 0.3) is 23.0 Å². The number of ketones is 1. The van der Waals surface area contributed by atoms with Crippen molar-refractivity contribution >= 4 is 11.9 Å². The molecule has 4 rings (SSSR count). The molecule has 0 amide bonds. The lowest BCUT2D eigenvalue weighted by Crippen LogP contribution is -1.95. The van der Waals surface area contributed by atoms with Crippen LogP contribution in [0.1, 0.15) is 15.9 Å². The molecule has 2 heterocycles. The van der Waals surface area contributed by atoms with E-state index in [0.717, 1.165) is 16.9 Å². The number of allylic oxidation sites excluding steroid dienone is 1. The molecule has 0 saturated carbocycles. The standard InChI is InChI=1S/C24H18FN3O2/c1-30-21-11-4-17(5-12-21)6-13-23(29)22-16-28(20-9-7-19(25)8-10-20)27-24(22)18-3-2-14-26-15-18/h2-16H,1H3. The molecular weight excluding hydrogens is 381 g/mol. The lowest BCUT2D eigenvalue weighted by Gasteiger charge is -2.00. The Morgan fingerprint density at radius 1 is 1.07 bits per heavy atom. The number of hydrogen-bond acceptors (Lipinski definition) is 4. The summed E-state index contributed by atoms with van der Waals surface area (Å²) in [7, 11) is 1.60. The minimum atomic E-state index is -0.336. The second-order valence-corrected chi connectivity index (χ2v) is 6.52. The van der Waals surface area contributed by atoms with E-state index < -0.39 is 0 Å². The monoisotopic (exact) mass is 399 g/mol. The maximum absolute atomic E-state index is 13.3. The minimum absolute atomic E-state index is 0.196. The number of aromatic nitrogens is 3. The maximum atomic E-state index is 13.3. The van der Waals surface area contributed by atoms with Gasteiger partial charge in [0.2, 0.25) is 0 Å². The Kier molecular flexibility index (Phi) is 5.48. The number of carbonyl (C=O) groups is 1. The summed E-state index contributed by atoms with van der Waals surface area (Å²) in [5, 5.41) is 4.56. The number of methoxy groups -OCH3 is 1. The predicted molar refractivity (Wildman–Crippen MR) is 113 cm³/mol. The van der Waals surface area contributed by atoms with Gasteiger partial charge in [0.05, 0.1) is 18.4 Å². The van der Waals surface area contributed by atoms with Crippen LogP contribution in [0.2, 0.25) is 0 Å². The van der Waals surface area contributed by atoms with Crippen LogP contribution in [-0.4, -0.2) is 27.7 Å². The molecule has 0 unspecified atom stereocenters.